The maximum absolute atomic E-state index is 11.4. The monoisotopic (exact) mass is 201 g/mol. The van der Waals surface area contributed by atoms with E-state index in [-0.39, 0.29) is 18.4 Å². The van der Waals surface area contributed by atoms with Gasteiger partial charge in [-0.1, -0.05) is 0 Å². The molecule has 0 atom stereocenters. The first kappa shape index (κ1) is 11.5. The Hall–Kier alpha value is -0.610. The highest BCUT2D eigenvalue weighted by Crippen LogP contribution is 2.31. The molecule has 0 aromatic heterocycles. The van der Waals surface area contributed by atoms with Crippen LogP contribution in [0.3, 0.4) is 0 Å². The van der Waals surface area contributed by atoms with Crippen LogP contribution < -0.4 is 5.73 Å². The number of ether oxygens (including phenoxy) is 1. The zero-order chi connectivity index (χ0) is 10.6. The van der Waals surface area contributed by atoms with E-state index in [1.54, 1.807) is 6.92 Å². The first-order chi connectivity index (χ1) is 6.61. The average molecular weight is 201 g/mol. The number of hydrogen-bond donors (Lipinski definition) is 2. The van der Waals surface area contributed by atoms with Crippen LogP contribution >= 0.6 is 0 Å². The summed E-state index contributed by atoms with van der Waals surface area (Å²) in [6.07, 6.45) is 2.58. The molecular weight excluding hydrogens is 182 g/mol. The molecule has 0 bridgehead atoms. The van der Waals surface area contributed by atoms with E-state index < -0.39 is 5.60 Å². The SMILES string of the molecule is CCOC(=O)C1CCC(O)(CN)CC1. The Labute approximate surface area is 84.4 Å². The van der Waals surface area contributed by atoms with Gasteiger partial charge in [-0.2, -0.15) is 0 Å². The molecule has 1 rings (SSSR count). The smallest absolute Gasteiger partial charge is 0.308 e. The largest absolute Gasteiger partial charge is 0.466 e. The first-order valence-electron chi connectivity index (χ1n) is 5.20. The number of esters is 1. The second-order valence-corrected chi connectivity index (χ2v) is 3.95. The lowest BCUT2D eigenvalue weighted by atomic mass is 9.79. The predicted octanol–water partition coefficient (Wildman–Crippen LogP) is 0.430. The summed E-state index contributed by atoms with van der Waals surface area (Å²) in [7, 11) is 0. The molecular formula is C10H19NO3. The van der Waals surface area contributed by atoms with E-state index in [1.165, 1.54) is 0 Å². The topological polar surface area (TPSA) is 72.5 Å². The maximum Gasteiger partial charge on any atom is 0.308 e. The van der Waals surface area contributed by atoms with Crippen LogP contribution in [-0.4, -0.2) is 29.8 Å². The second-order valence-electron chi connectivity index (χ2n) is 3.95. The molecule has 1 saturated carbocycles. The molecule has 1 aliphatic rings. The Kier molecular flexibility index (Phi) is 3.89. The molecule has 4 heteroatoms. The Morgan fingerprint density at radius 1 is 1.57 bits per heavy atom. The molecule has 0 saturated heterocycles. The van der Waals surface area contributed by atoms with Gasteiger partial charge in [-0.15, -0.1) is 0 Å². The van der Waals surface area contributed by atoms with E-state index in [1.807, 2.05) is 0 Å². The number of carbonyl (C=O) groups excluding carboxylic acids is 1. The Morgan fingerprint density at radius 2 is 2.14 bits per heavy atom. The molecule has 3 N–H and O–H groups in total. The molecule has 0 amide bonds. The van der Waals surface area contributed by atoms with Crippen LogP contribution in [0, 0.1) is 5.92 Å². The third kappa shape index (κ3) is 2.69. The summed E-state index contributed by atoms with van der Waals surface area (Å²) in [6.45, 7) is 2.51. The van der Waals surface area contributed by atoms with Crippen molar-refractivity contribution in [3.8, 4) is 0 Å². The third-order valence-electron chi connectivity index (χ3n) is 2.92. The summed E-state index contributed by atoms with van der Waals surface area (Å²) >= 11 is 0. The summed E-state index contributed by atoms with van der Waals surface area (Å²) in [5.41, 5.74) is 4.70. The van der Waals surface area contributed by atoms with Crippen molar-refractivity contribution in [2.24, 2.45) is 11.7 Å². The maximum atomic E-state index is 11.4. The Balaban J connectivity index is 2.39. The van der Waals surface area contributed by atoms with Gasteiger partial charge < -0.3 is 15.6 Å². The third-order valence-corrected chi connectivity index (χ3v) is 2.92. The normalized spacial score (nSPS) is 32.6. The van der Waals surface area contributed by atoms with Crippen molar-refractivity contribution >= 4 is 5.97 Å². The Bertz CT molecular complexity index is 198. The lowest BCUT2D eigenvalue weighted by Crippen LogP contribution is -2.42. The van der Waals surface area contributed by atoms with Gasteiger partial charge in [0.2, 0.25) is 0 Å². The number of rotatable bonds is 3. The van der Waals surface area contributed by atoms with Crippen molar-refractivity contribution in [2.45, 2.75) is 38.2 Å². The number of aliphatic hydroxyl groups is 1. The second kappa shape index (κ2) is 4.75. The summed E-state index contributed by atoms with van der Waals surface area (Å²) in [6, 6.07) is 0. The molecule has 0 spiro atoms. The quantitative estimate of drug-likeness (QED) is 0.649. The summed E-state index contributed by atoms with van der Waals surface area (Å²) < 4.78 is 4.93. The highest BCUT2D eigenvalue weighted by Gasteiger charge is 2.35. The molecule has 0 aromatic rings. The van der Waals surface area contributed by atoms with Crippen LogP contribution in [0.15, 0.2) is 0 Å². The van der Waals surface area contributed by atoms with Crippen molar-refractivity contribution in [1.82, 2.24) is 0 Å². The van der Waals surface area contributed by atoms with Crippen LogP contribution in [0.25, 0.3) is 0 Å². The highest BCUT2D eigenvalue weighted by atomic mass is 16.5. The number of hydrogen-bond acceptors (Lipinski definition) is 4. The predicted molar refractivity (Wildman–Crippen MR) is 52.6 cm³/mol. The van der Waals surface area contributed by atoms with Gasteiger partial charge >= 0.3 is 5.97 Å². The fourth-order valence-corrected chi connectivity index (χ4v) is 1.86. The van der Waals surface area contributed by atoms with E-state index >= 15 is 0 Å². The van der Waals surface area contributed by atoms with Crippen molar-refractivity contribution < 1.29 is 14.6 Å². The molecule has 0 unspecified atom stereocenters. The van der Waals surface area contributed by atoms with E-state index in [0.29, 0.717) is 32.3 Å². The fourth-order valence-electron chi connectivity index (χ4n) is 1.86. The minimum Gasteiger partial charge on any atom is -0.466 e. The lowest BCUT2D eigenvalue weighted by Gasteiger charge is -2.33. The molecule has 0 aliphatic heterocycles. The standard InChI is InChI=1S/C10H19NO3/c1-2-14-9(12)8-3-5-10(13,7-11)6-4-8/h8,13H,2-7,11H2,1H3. The molecule has 0 radical (unpaired) electrons. The average Bonchev–Trinajstić information content (AvgIpc) is 2.19. The van der Waals surface area contributed by atoms with Gasteiger partial charge in [0.15, 0.2) is 0 Å². The van der Waals surface area contributed by atoms with Gasteiger partial charge in [0, 0.05) is 6.54 Å². The van der Waals surface area contributed by atoms with Crippen LogP contribution in [0.5, 0.6) is 0 Å². The van der Waals surface area contributed by atoms with Gasteiger partial charge in [-0.05, 0) is 32.6 Å². The molecule has 1 aliphatic carbocycles. The number of nitrogens with two attached hydrogens (primary N) is 1. The molecule has 0 aromatic carbocycles. The van der Waals surface area contributed by atoms with E-state index in [2.05, 4.69) is 0 Å². The van der Waals surface area contributed by atoms with Crippen LogP contribution in [0.2, 0.25) is 0 Å². The van der Waals surface area contributed by atoms with Crippen molar-refractivity contribution in [3.63, 3.8) is 0 Å². The van der Waals surface area contributed by atoms with E-state index in [0.717, 1.165) is 0 Å². The van der Waals surface area contributed by atoms with Crippen molar-refractivity contribution in [2.75, 3.05) is 13.2 Å². The zero-order valence-electron chi connectivity index (χ0n) is 8.66. The molecule has 4 nitrogen and oxygen atoms in total. The summed E-state index contributed by atoms with van der Waals surface area (Å²) in [5.74, 6) is -0.173. The van der Waals surface area contributed by atoms with Gasteiger partial charge in [-0.3, -0.25) is 4.79 Å². The van der Waals surface area contributed by atoms with Crippen LogP contribution in [0.1, 0.15) is 32.6 Å². The van der Waals surface area contributed by atoms with E-state index in [4.69, 9.17) is 10.5 Å². The van der Waals surface area contributed by atoms with Crippen molar-refractivity contribution in [3.05, 3.63) is 0 Å². The number of carbonyl (C=O) groups is 1. The van der Waals surface area contributed by atoms with Gasteiger partial charge in [-0.25, -0.2) is 0 Å². The minimum atomic E-state index is -0.747. The highest BCUT2D eigenvalue weighted by molar-refractivity contribution is 5.72. The van der Waals surface area contributed by atoms with Crippen LogP contribution in [0.4, 0.5) is 0 Å². The van der Waals surface area contributed by atoms with Gasteiger partial charge in [0.25, 0.3) is 0 Å². The van der Waals surface area contributed by atoms with Crippen LogP contribution in [-0.2, 0) is 9.53 Å². The fraction of sp³-hybridized carbons (Fsp3) is 0.900. The van der Waals surface area contributed by atoms with Gasteiger partial charge in [0.05, 0.1) is 18.1 Å². The van der Waals surface area contributed by atoms with Gasteiger partial charge in [0.1, 0.15) is 0 Å². The van der Waals surface area contributed by atoms with E-state index in [9.17, 15) is 9.90 Å². The van der Waals surface area contributed by atoms with Crippen molar-refractivity contribution in [1.29, 1.82) is 0 Å². The molecule has 0 heterocycles. The molecule has 82 valence electrons. The molecule has 14 heavy (non-hydrogen) atoms. The minimum absolute atomic E-state index is 0.0400. The lowest BCUT2D eigenvalue weighted by molar-refractivity contribution is -0.150. The summed E-state index contributed by atoms with van der Waals surface area (Å²) in [4.78, 5) is 11.4. The first-order valence-corrected chi connectivity index (χ1v) is 5.20. The molecule has 1 fully saturated rings. The summed E-state index contributed by atoms with van der Waals surface area (Å²) in [5, 5.41) is 9.83. The zero-order valence-corrected chi connectivity index (χ0v) is 8.66. The Morgan fingerprint density at radius 3 is 2.57 bits per heavy atom.